The van der Waals surface area contributed by atoms with Gasteiger partial charge in [0.15, 0.2) is 0 Å². The lowest BCUT2D eigenvalue weighted by atomic mass is 10.0. The number of fused-ring (bicyclic) bond motifs is 1. The summed E-state index contributed by atoms with van der Waals surface area (Å²) in [5, 5.41) is 1.14. The minimum Gasteiger partial charge on any atom is -0.397 e. The van der Waals surface area contributed by atoms with Gasteiger partial charge in [-0.25, -0.2) is 0 Å². The van der Waals surface area contributed by atoms with Gasteiger partial charge in [-0.15, -0.1) is 0 Å². The number of rotatable bonds is 3. The summed E-state index contributed by atoms with van der Waals surface area (Å²) < 4.78 is 0. The Hall–Kier alpha value is -2.22. The molecule has 1 heterocycles. The van der Waals surface area contributed by atoms with Crippen molar-refractivity contribution in [3.05, 3.63) is 65.4 Å². The van der Waals surface area contributed by atoms with Gasteiger partial charge in [0.25, 0.3) is 0 Å². The topological polar surface area (TPSA) is 41.8 Å². The molecule has 3 N–H and O–H groups in total. The van der Waals surface area contributed by atoms with E-state index in [1.54, 1.807) is 0 Å². The van der Waals surface area contributed by atoms with E-state index in [9.17, 15) is 0 Å². The second kappa shape index (κ2) is 4.81. The highest BCUT2D eigenvalue weighted by Gasteiger charge is 2.08. The number of benzene rings is 2. The Labute approximate surface area is 113 Å². The third kappa shape index (κ3) is 2.22. The van der Waals surface area contributed by atoms with E-state index in [0.717, 1.165) is 29.6 Å². The minimum absolute atomic E-state index is 0.872. The van der Waals surface area contributed by atoms with Crippen molar-refractivity contribution >= 4 is 16.6 Å². The standard InChI is InChI=1S/C17H18N2/c1-12-16(18)15-9-5-8-14(17(15)19-12)11-10-13-6-3-2-4-7-13/h2-9,19H,10-11,18H2,1H3. The van der Waals surface area contributed by atoms with Crippen molar-refractivity contribution in [3.8, 4) is 0 Å². The summed E-state index contributed by atoms with van der Waals surface area (Å²) in [6, 6.07) is 16.9. The quantitative estimate of drug-likeness (QED) is 0.728. The molecule has 19 heavy (non-hydrogen) atoms. The molecule has 3 aromatic rings. The van der Waals surface area contributed by atoms with Crippen molar-refractivity contribution in [2.75, 3.05) is 5.73 Å². The number of para-hydroxylation sites is 1. The Morgan fingerprint density at radius 2 is 1.74 bits per heavy atom. The van der Waals surface area contributed by atoms with Crippen molar-refractivity contribution in [1.29, 1.82) is 0 Å². The third-order valence-corrected chi connectivity index (χ3v) is 3.68. The minimum atomic E-state index is 0.872. The Balaban J connectivity index is 1.91. The van der Waals surface area contributed by atoms with Gasteiger partial charge in [0.1, 0.15) is 0 Å². The highest BCUT2D eigenvalue weighted by molar-refractivity contribution is 5.95. The van der Waals surface area contributed by atoms with Gasteiger partial charge < -0.3 is 10.7 Å². The normalized spacial score (nSPS) is 11.0. The van der Waals surface area contributed by atoms with E-state index < -0.39 is 0 Å². The van der Waals surface area contributed by atoms with Crippen LogP contribution in [0.25, 0.3) is 10.9 Å². The molecular weight excluding hydrogens is 232 g/mol. The lowest BCUT2D eigenvalue weighted by molar-refractivity contribution is 0.965. The fourth-order valence-corrected chi connectivity index (χ4v) is 2.56. The maximum atomic E-state index is 6.08. The molecule has 0 unspecified atom stereocenters. The first-order valence-corrected chi connectivity index (χ1v) is 6.65. The summed E-state index contributed by atoms with van der Waals surface area (Å²) in [6.07, 6.45) is 2.08. The highest BCUT2D eigenvalue weighted by Crippen LogP contribution is 2.27. The predicted octanol–water partition coefficient (Wildman–Crippen LogP) is 3.84. The Morgan fingerprint density at radius 3 is 2.53 bits per heavy atom. The molecule has 2 aromatic carbocycles. The third-order valence-electron chi connectivity index (χ3n) is 3.68. The highest BCUT2D eigenvalue weighted by atomic mass is 14.8. The van der Waals surface area contributed by atoms with Gasteiger partial charge in [0.2, 0.25) is 0 Å². The van der Waals surface area contributed by atoms with Gasteiger partial charge in [0.05, 0.1) is 11.2 Å². The number of nitrogens with two attached hydrogens (primary N) is 1. The van der Waals surface area contributed by atoms with Gasteiger partial charge in [-0.3, -0.25) is 0 Å². The number of hydrogen-bond acceptors (Lipinski definition) is 1. The number of nitrogen functional groups attached to an aromatic ring is 1. The number of hydrogen-bond donors (Lipinski definition) is 2. The molecule has 0 atom stereocenters. The van der Waals surface area contributed by atoms with Crippen LogP contribution in [-0.2, 0) is 12.8 Å². The Kier molecular flexibility index (Phi) is 3.00. The lowest BCUT2D eigenvalue weighted by Gasteiger charge is -2.04. The lowest BCUT2D eigenvalue weighted by Crippen LogP contribution is -1.92. The van der Waals surface area contributed by atoms with E-state index in [2.05, 4.69) is 53.5 Å². The second-order valence-corrected chi connectivity index (χ2v) is 4.99. The number of aryl methyl sites for hydroxylation is 3. The molecule has 2 nitrogen and oxygen atoms in total. The average molecular weight is 250 g/mol. The van der Waals surface area contributed by atoms with Crippen molar-refractivity contribution < 1.29 is 0 Å². The van der Waals surface area contributed by atoms with Crippen LogP contribution in [0.1, 0.15) is 16.8 Å². The van der Waals surface area contributed by atoms with Crippen molar-refractivity contribution in [2.45, 2.75) is 19.8 Å². The molecule has 0 aliphatic rings. The van der Waals surface area contributed by atoms with Crippen LogP contribution in [0.2, 0.25) is 0 Å². The predicted molar refractivity (Wildman–Crippen MR) is 81.3 cm³/mol. The van der Waals surface area contributed by atoms with Crippen LogP contribution in [0.15, 0.2) is 48.5 Å². The molecule has 0 saturated carbocycles. The van der Waals surface area contributed by atoms with Gasteiger partial charge in [-0.05, 0) is 30.9 Å². The summed E-state index contributed by atoms with van der Waals surface area (Å²) in [5.74, 6) is 0. The molecule has 3 rings (SSSR count). The zero-order valence-electron chi connectivity index (χ0n) is 11.1. The van der Waals surface area contributed by atoms with Crippen LogP contribution < -0.4 is 5.73 Å². The summed E-state index contributed by atoms with van der Waals surface area (Å²) >= 11 is 0. The monoisotopic (exact) mass is 250 g/mol. The van der Waals surface area contributed by atoms with Gasteiger partial charge >= 0.3 is 0 Å². The van der Waals surface area contributed by atoms with E-state index in [-0.39, 0.29) is 0 Å². The largest absolute Gasteiger partial charge is 0.397 e. The van der Waals surface area contributed by atoms with Crippen molar-refractivity contribution in [2.24, 2.45) is 0 Å². The van der Waals surface area contributed by atoms with Crippen LogP contribution in [0.3, 0.4) is 0 Å². The van der Waals surface area contributed by atoms with E-state index >= 15 is 0 Å². The molecule has 1 aromatic heterocycles. The molecule has 0 saturated heterocycles. The number of aromatic nitrogens is 1. The van der Waals surface area contributed by atoms with Crippen LogP contribution >= 0.6 is 0 Å². The molecule has 0 spiro atoms. The maximum absolute atomic E-state index is 6.08. The SMILES string of the molecule is Cc1[nH]c2c(CCc3ccccc3)cccc2c1N. The average Bonchev–Trinajstić information content (AvgIpc) is 2.74. The Morgan fingerprint density at radius 1 is 0.947 bits per heavy atom. The molecule has 96 valence electrons. The maximum Gasteiger partial charge on any atom is 0.0602 e. The van der Waals surface area contributed by atoms with Crippen LogP contribution in [0, 0.1) is 6.92 Å². The fraction of sp³-hybridized carbons (Fsp3) is 0.176. The molecule has 0 amide bonds. The van der Waals surface area contributed by atoms with E-state index in [1.807, 2.05) is 6.92 Å². The Bertz CT molecular complexity index is 696. The van der Waals surface area contributed by atoms with Crippen LogP contribution in [0.4, 0.5) is 5.69 Å². The molecule has 0 aliphatic carbocycles. The first-order valence-electron chi connectivity index (χ1n) is 6.65. The van der Waals surface area contributed by atoms with E-state index in [4.69, 9.17) is 5.73 Å². The number of H-pyrrole nitrogens is 1. The second-order valence-electron chi connectivity index (χ2n) is 4.99. The van der Waals surface area contributed by atoms with Crippen LogP contribution in [-0.4, -0.2) is 4.98 Å². The smallest absolute Gasteiger partial charge is 0.0602 e. The van der Waals surface area contributed by atoms with Gasteiger partial charge in [-0.1, -0.05) is 48.5 Å². The summed E-state index contributed by atoms with van der Waals surface area (Å²) in [6.45, 7) is 2.02. The molecule has 0 bridgehead atoms. The molecule has 2 heteroatoms. The fourth-order valence-electron chi connectivity index (χ4n) is 2.56. The summed E-state index contributed by atoms with van der Waals surface area (Å²) in [7, 11) is 0. The van der Waals surface area contributed by atoms with Crippen molar-refractivity contribution in [3.63, 3.8) is 0 Å². The molecule has 0 aliphatic heterocycles. The zero-order chi connectivity index (χ0) is 13.2. The molecule has 0 fully saturated rings. The number of aromatic amines is 1. The van der Waals surface area contributed by atoms with Crippen molar-refractivity contribution in [1.82, 2.24) is 4.98 Å². The number of nitrogens with one attached hydrogen (secondary N) is 1. The summed E-state index contributed by atoms with van der Waals surface area (Å²) in [5.41, 5.74) is 11.9. The number of anilines is 1. The summed E-state index contributed by atoms with van der Waals surface area (Å²) in [4.78, 5) is 3.41. The van der Waals surface area contributed by atoms with Gasteiger partial charge in [0, 0.05) is 11.1 Å². The van der Waals surface area contributed by atoms with Gasteiger partial charge in [-0.2, -0.15) is 0 Å². The molecule has 0 radical (unpaired) electrons. The van der Waals surface area contributed by atoms with E-state index in [0.29, 0.717) is 0 Å². The van der Waals surface area contributed by atoms with E-state index in [1.165, 1.54) is 16.6 Å². The first-order chi connectivity index (χ1) is 9.25. The zero-order valence-corrected chi connectivity index (χ0v) is 11.1. The first kappa shape index (κ1) is 11.8. The molecular formula is C17H18N2. The van der Waals surface area contributed by atoms with Crippen LogP contribution in [0.5, 0.6) is 0 Å².